The standard InChI is InChI=1S/C15H18N4OS/c1-3-20-12-6-4-5-11-13(12)18-15(16)19(11)9-10(2)14-17-7-8-21-14/h4-8,10H,3,9H2,1-2H3,(H2,16,18). The average molecular weight is 302 g/mol. The summed E-state index contributed by atoms with van der Waals surface area (Å²) in [6, 6.07) is 5.92. The van der Waals surface area contributed by atoms with Crippen molar-refractivity contribution in [1.82, 2.24) is 14.5 Å². The van der Waals surface area contributed by atoms with Crippen LogP contribution in [0.4, 0.5) is 5.95 Å². The minimum absolute atomic E-state index is 0.292. The number of rotatable bonds is 5. The molecule has 2 aromatic heterocycles. The lowest BCUT2D eigenvalue weighted by Crippen LogP contribution is -2.09. The zero-order valence-electron chi connectivity index (χ0n) is 12.1. The van der Waals surface area contributed by atoms with Gasteiger partial charge in [-0.15, -0.1) is 11.3 Å². The third-order valence-corrected chi connectivity index (χ3v) is 4.41. The van der Waals surface area contributed by atoms with Crippen molar-refractivity contribution in [2.75, 3.05) is 12.3 Å². The monoisotopic (exact) mass is 302 g/mol. The molecule has 0 amide bonds. The van der Waals surface area contributed by atoms with E-state index in [1.54, 1.807) is 11.3 Å². The summed E-state index contributed by atoms with van der Waals surface area (Å²) < 4.78 is 7.65. The smallest absolute Gasteiger partial charge is 0.201 e. The Hall–Kier alpha value is -2.08. The second-order valence-electron chi connectivity index (χ2n) is 4.91. The van der Waals surface area contributed by atoms with Gasteiger partial charge in [-0.2, -0.15) is 0 Å². The van der Waals surface area contributed by atoms with E-state index in [1.165, 1.54) is 0 Å². The predicted octanol–water partition coefficient (Wildman–Crippen LogP) is 3.28. The summed E-state index contributed by atoms with van der Waals surface area (Å²) in [6.07, 6.45) is 1.83. The zero-order chi connectivity index (χ0) is 14.8. The number of hydrogen-bond donors (Lipinski definition) is 1. The van der Waals surface area contributed by atoms with Crippen molar-refractivity contribution >= 4 is 28.3 Å². The molecule has 0 fully saturated rings. The lowest BCUT2D eigenvalue weighted by atomic mass is 10.2. The molecule has 5 nitrogen and oxygen atoms in total. The third kappa shape index (κ3) is 2.58. The largest absolute Gasteiger partial charge is 0.492 e. The van der Waals surface area contributed by atoms with Crippen LogP contribution in [0.2, 0.25) is 0 Å². The van der Waals surface area contributed by atoms with Gasteiger partial charge in [0, 0.05) is 24.0 Å². The number of ether oxygens (including phenoxy) is 1. The van der Waals surface area contributed by atoms with Crippen molar-refractivity contribution in [3.8, 4) is 5.75 Å². The number of thiazole rings is 1. The van der Waals surface area contributed by atoms with Crippen molar-refractivity contribution in [3.05, 3.63) is 34.8 Å². The van der Waals surface area contributed by atoms with E-state index in [9.17, 15) is 0 Å². The Morgan fingerprint density at radius 1 is 1.43 bits per heavy atom. The van der Waals surface area contributed by atoms with Crippen LogP contribution in [0.1, 0.15) is 24.8 Å². The van der Waals surface area contributed by atoms with Crippen LogP contribution in [-0.4, -0.2) is 21.1 Å². The first-order chi connectivity index (χ1) is 10.2. The highest BCUT2D eigenvalue weighted by molar-refractivity contribution is 7.09. The molecule has 0 aliphatic rings. The first-order valence-corrected chi connectivity index (χ1v) is 7.85. The van der Waals surface area contributed by atoms with E-state index in [1.807, 2.05) is 41.3 Å². The predicted molar refractivity (Wildman–Crippen MR) is 85.8 cm³/mol. The molecule has 0 saturated carbocycles. The molecule has 0 aliphatic heterocycles. The Morgan fingerprint density at radius 3 is 3.00 bits per heavy atom. The van der Waals surface area contributed by atoms with Crippen LogP contribution in [0.3, 0.4) is 0 Å². The highest BCUT2D eigenvalue weighted by Gasteiger charge is 2.16. The molecular weight excluding hydrogens is 284 g/mol. The van der Waals surface area contributed by atoms with Crippen LogP contribution >= 0.6 is 11.3 Å². The van der Waals surface area contributed by atoms with Crippen molar-refractivity contribution < 1.29 is 4.74 Å². The van der Waals surface area contributed by atoms with Crippen molar-refractivity contribution in [3.63, 3.8) is 0 Å². The van der Waals surface area contributed by atoms with E-state index in [4.69, 9.17) is 10.5 Å². The second kappa shape index (κ2) is 5.73. The van der Waals surface area contributed by atoms with Crippen LogP contribution in [0.25, 0.3) is 11.0 Å². The quantitative estimate of drug-likeness (QED) is 0.785. The molecule has 0 saturated heterocycles. The van der Waals surface area contributed by atoms with Crippen LogP contribution in [-0.2, 0) is 6.54 Å². The van der Waals surface area contributed by atoms with E-state index < -0.39 is 0 Å². The molecule has 0 bridgehead atoms. The van der Waals surface area contributed by atoms with Crippen molar-refractivity contribution in [2.24, 2.45) is 0 Å². The summed E-state index contributed by atoms with van der Waals surface area (Å²) >= 11 is 1.67. The Balaban J connectivity index is 1.99. The number of nitrogens with zero attached hydrogens (tertiary/aromatic N) is 3. The first-order valence-electron chi connectivity index (χ1n) is 6.97. The van der Waals surface area contributed by atoms with E-state index in [2.05, 4.69) is 16.9 Å². The lowest BCUT2D eigenvalue weighted by molar-refractivity contribution is 0.343. The van der Waals surface area contributed by atoms with Gasteiger partial charge in [-0.25, -0.2) is 9.97 Å². The van der Waals surface area contributed by atoms with Gasteiger partial charge in [0.15, 0.2) is 0 Å². The molecule has 3 aromatic rings. The fraction of sp³-hybridized carbons (Fsp3) is 0.333. The van der Waals surface area contributed by atoms with Gasteiger partial charge in [-0.05, 0) is 19.1 Å². The molecule has 0 radical (unpaired) electrons. The number of aromatic nitrogens is 3. The summed E-state index contributed by atoms with van der Waals surface area (Å²) in [5, 5.41) is 3.10. The van der Waals surface area contributed by atoms with Gasteiger partial charge >= 0.3 is 0 Å². The average Bonchev–Trinajstić information content (AvgIpc) is 3.09. The SMILES string of the molecule is CCOc1cccc2c1nc(N)n2CC(C)c1nccs1. The van der Waals surface area contributed by atoms with Gasteiger partial charge in [0.05, 0.1) is 17.1 Å². The number of nitrogens with two attached hydrogens (primary N) is 1. The van der Waals surface area contributed by atoms with Gasteiger partial charge in [0.1, 0.15) is 11.3 Å². The van der Waals surface area contributed by atoms with Gasteiger partial charge in [0.2, 0.25) is 5.95 Å². The summed E-state index contributed by atoms with van der Waals surface area (Å²) in [4.78, 5) is 8.84. The number of benzene rings is 1. The molecule has 1 atom stereocenters. The molecule has 1 unspecified atom stereocenters. The highest BCUT2D eigenvalue weighted by Crippen LogP contribution is 2.29. The van der Waals surface area contributed by atoms with Gasteiger partial charge < -0.3 is 15.0 Å². The van der Waals surface area contributed by atoms with Crippen LogP contribution < -0.4 is 10.5 Å². The lowest BCUT2D eigenvalue weighted by Gasteiger charge is -2.12. The van der Waals surface area contributed by atoms with Gasteiger partial charge in [-0.3, -0.25) is 0 Å². The number of anilines is 1. The molecule has 6 heteroatoms. The molecule has 0 aliphatic carbocycles. The number of hydrogen-bond acceptors (Lipinski definition) is 5. The maximum absolute atomic E-state index is 6.10. The van der Waals surface area contributed by atoms with Crippen molar-refractivity contribution in [2.45, 2.75) is 26.3 Å². The molecule has 21 heavy (non-hydrogen) atoms. The Kier molecular flexibility index (Phi) is 3.79. The molecule has 2 heterocycles. The molecule has 3 rings (SSSR count). The number of para-hydroxylation sites is 1. The highest BCUT2D eigenvalue weighted by atomic mass is 32.1. The van der Waals surface area contributed by atoms with E-state index in [0.717, 1.165) is 28.3 Å². The Morgan fingerprint density at radius 2 is 2.29 bits per heavy atom. The summed E-state index contributed by atoms with van der Waals surface area (Å²) in [7, 11) is 0. The van der Waals surface area contributed by atoms with Gasteiger partial charge in [-0.1, -0.05) is 13.0 Å². The second-order valence-corrected chi connectivity index (χ2v) is 5.84. The number of nitrogen functional groups attached to an aromatic ring is 1. The van der Waals surface area contributed by atoms with E-state index in [-0.39, 0.29) is 0 Å². The number of fused-ring (bicyclic) bond motifs is 1. The third-order valence-electron chi connectivity index (χ3n) is 3.40. The fourth-order valence-corrected chi connectivity index (χ4v) is 3.12. The maximum Gasteiger partial charge on any atom is 0.201 e. The zero-order valence-corrected chi connectivity index (χ0v) is 12.9. The molecular formula is C15H18N4OS. The Bertz CT molecular complexity index is 736. The Labute approximate surface area is 127 Å². The normalized spacial score (nSPS) is 12.7. The summed E-state index contributed by atoms with van der Waals surface area (Å²) in [5.41, 5.74) is 7.92. The summed E-state index contributed by atoms with van der Waals surface area (Å²) in [5.74, 6) is 1.59. The van der Waals surface area contributed by atoms with E-state index >= 15 is 0 Å². The molecule has 2 N–H and O–H groups in total. The summed E-state index contributed by atoms with van der Waals surface area (Å²) in [6.45, 7) is 5.48. The van der Waals surface area contributed by atoms with Crippen LogP contribution in [0.15, 0.2) is 29.8 Å². The molecule has 1 aromatic carbocycles. The number of imidazole rings is 1. The fourth-order valence-electron chi connectivity index (χ4n) is 2.43. The topological polar surface area (TPSA) is 66.0 Å². The molecule has 110 valence electrons. The van der Waals surface area contributed by atoms with E-state index in [0.29, 0.717) is 18.5 Å². The van der Waals surface area contributed by atoms with Gasteiger partial charge in [0.25, 0.3) is 0 Å². The molecule has 0 spiro atoms. The minimum atomic E-state index is 0.292. The maximum atomic E-state index is 6.10. The van der Waals surface area contributed by atoms with Crippen molar-refractivity contribution in [1.29, 1.82) is 0 Å². The minimum Gasteiger partial charge on any atom is -0.492 e. The first kappa shape index (κ1) is 13.9. The van der Waals surface area contributed by atoms with Crippen LogP contribution in [0.5, 0.6) is 5.75 Å². The van der Waals surface area contributed by atoms with Crippen LogP contribution in [0, 0.1) is 0 Å².